The summed E-state index contributed by atoms with van der Waals surface area (Å²) in [6.45, 7) is 2.66. The second-order valence-corrected chi connectivity index (χ2v) is 6.21. The predicted octanol–water partition coefficient (Wildman–Crippen LogP) is 1.30. The number of para-hydroxylation sites is 1. The van der Waals surface area contributed by atoms with Crippen LogP contribution in [0.5, 0.6) is 0 Å². The van der Waals surface area contributed by atoms with Crippen LogP contribution in [0.15, 0.2) is 30.3 Å². The fraction of sp³-hybridized carbons (Fsp3) is 0.529. The molecular formula is C17H23N3O2. The number of carbonyl (C=O) groups excluding carboxylic acids is 2. The molecule has 0 spiro atoms. The van der Waals surface area contributed by atoms with Gasteiger partial charge in [-0.15, -0.1) is 0 Å². The molecule has 2 saturated heterocycles. The van der Waals surface area contributed by atoms with Gasteiger partial charge >= 0.3 is 0 Å². The van der Waals surface area contributed by atoms with Crippen LogP contribution >= 0.6 is 0 Å². The number of anilines is 1. The summed E-state index contributed by atoms with van der Waals surface area (Å²) < 4.78 is 0. The number of amides is 2. The molecule has 2 amide bonds. The Morgan fingerprint density at radius 2 is 2.14 bits per heavy atom. The van der Waals surface area contributed by atoms with Crippen molar-refractivity contribution in [2.75, 3.05) is 24.5 Å². The van der Waals surface area contributed by atoms with E-state index >= 15 is 0 Å². The smallest absolute Gasteiger partial charge is 0.229 e. The van der Waals surface area contributed by atoms with Gasteiger partial charge in [0.05, 0.1) is 6.04 Å². The molecule has 2 heterocycles. The largest absolute Gasteiger partial charge is 0.351 e. The van der Waals surface area contributed by atoms with E-state index in [9.17, 15) is 9.59 Å². The van der Waals surface area contributed by atoms with Gasteiger partial charge in [-0.1, -0.05) is 18.2 Å². The topological polar surface area (TPSA) is 61.4 Å². The SMILES string of the molecule is O=C(CCC1CCNC1)NC1CC(=O)N(c2ccccc2)C1. The van der Waals surface area contributed by atoms with Crippen LogP contribution in [0.25, 0.3) is 0 Å². The Bertz CT molecular complexity index is 526. The highest BCUT2D eigenvalue weighted by Gasteiger charge is 2.31. The Morgan fingerprint density at radius 3 is 2.86 bits per heavy atom. The first-order valence-electron chi connectivity index (χ1n) is 8.08. The Balaban J connectivity index is 1.47. The third-order valence-electron chi connectivity index (χ3n) is 4.50. The highest BCUT2D eigenvalue weighted by atomic mass is 16.2. The molecule has 1 aromatic carbocycles. The van der Waals surface area contributed by atoms with Crippen molar-refractivity contribution in [1.82, 2.24) is 10.6 Å². The van der Waals surface area contributed by atoms with Crippen LogP contribution in [0.2, 0.25) is 0 Å². The summed E-state index contributed by atoms with van der Waals surface area (Å²) in [6.07, 6.45) is 3.05. The molecule has 118 valence electrons. The molecule has 2 aliphatic heterocycles. The Morgan fingerprint density at radius 1 is 1.32 bits per heavy atom. The summed E-state index contributed by atoms with van der Waals surface area (Å²) >= 11 is 0. The monoisotopic (exact) mass is 301 g/mol. The van der Waals surface area contributed by atoms with Gasteiger partial charge in [0.15, 0.2) is 0 Å². The average Bonchev–Trinajstić information content (AvgIpc) is 3.16. The zero-order valence-electron chi connectivity index (χ0n) is 12.8. The molecule has 0 saturated carbocycles. The Labute approximate surface area is 131 Å². The van der Waals surface area contributed by atoms with Crippen LogP contribution in [0, 0.1) is 5.92 Å². The van der Waals surface area contributed by atoms with Gasteiger partial charge in [-0.25, -0.2) is 0 Å². The van der Waals surface area contributed by atoms with Crippen LogP contribution in [0.4, 0.5) is 5.69 Å². The molecule has 2 fully saturated rings. The predicted molar refractivity (Wildman–Crippen MR) is 85.6 cm³/mol. The van der Waals surface area contributed by atoms with Crippen molar-refractivity contribution in [3.8, 4) is 0 Å². The minimum Gasteiger partial charge on any atom is -0.351 e. The zero-order valence-corrected chi connectivity index (χ0v) is 12.8. The quantitative estimate of drug-likeness (QED) is 0.862. The minimum absolute atomic E-state index is 0.0677. The van der Waals surface area contributed by atoms with Crippen LogP contribution in [0.1, 0.15) is 25.7 Å². The molecule has 5 heteroatoms. The van der Waals surface area contributed by atoms with Crippen LogP contribution in [0.3, 0.4) is 0 Å². The number of nitrogens with one attached hydrogen (secondary N) is 2. The van der Waals surface area contributed by atoms with E-state index in [1.165, 1.54) is 0 Å². The molecule has 0 aliphatic carbocycles. The van der Waals surface area contributed by atoms with Gasteiger partial charge in [0.2, 0.25) is 11.8 Å². The number of rotatable bonds is 5. The first-order valence-corrected chi connectivity index (χ1v) is 8.08. The first-order chi connectivity index (χ1) is 10.7. The molecule has 1 aromatic rings. The van der Waals surface area contributed by atoms with Crippen molar-refractivity contribution < 1.29 is 9.59 Å². The van der Waals surface area contributed by atoms with Gasteiger partial charge in [-0.3, -0.25) is 9.59 Å². The van der Waals surface area contributed by atoms with E-state index in [1.54, 1.807) is 4.90 Å². The number of nitrogens with zero attached hydrogens (tertiary/aromatic N) is 1. The third-order valence-corrected chi connectivity index (χ3v) is 4.50. The summed E-state index contributed by atoms with van der Waals surface area (Å²) in [4.78, 5) is 25.9. The van der Waals surface area contributed by atoms with Crippen molar-refractivity contribution in [2.24, 2.45) is 5.92 Å². The van der Waals surface area contributed by atoms with Crippen molar-refractivity contribution >= 4 is 17.5 Å². The second kappa shape index (κ2) is 6.92. The van der Waals surface area contributed by atoms with Crippen LogP contribution < -0.4 is 15.5 Å². The van der Waals surface area contributed by atoms with Gasteiger partial charge in [0.1, 0.15) is 0 Å². The van der Waals surface area contributed by atoms with E-state index < -0.39 is 0 Å². The second-order valence-electron chi connectivity index (χ2n) is 6.21. The van der Waals surface area contributed by atoms with Gasteiger partial charge in [0.25, 0.3) is 0 Å². The van der Waals surface area contributed by atoms with Crippen molar-refractivity contribution in [3.63, 3.8) is 0 Å². The molecule has 0 aromatic heterocycles. The van der Waals surface area contributed by atoms with Crippen molar-refractivity contribution in [3.05, 3.63) is 30.3 Å². The summed E-state index contributed by atoms with van der Waals surface area (Å²) in [7, 11) is 0. The maximum atomic E-state index is 12.1. The number of hydrogen-bond donors (Lipinski definition) is 2. The van der Waals surface area contributed by atoms with Gasteiger partial charge in [0, 0.05) is 25.1 Å². The molecule has 2 aliphatic rings. The van der Waals surface area contributed by atoms with Gasteiger partial charge in [-0.05, 0) is 44.0 Å². The third kappa shape index (κ3) is 3.65. The lowest BCUT2D eigenvalue weighted by Crippen LogP contribution is -2.37. The summed E-state index contributed by atoms with van der Waals surface area (Å²) in [5.74, 6) is 0.771. The zero-order chi connectivity index (χ0) is 15.4. The van der Waals surface area contributed by atoms with Crippen molar-refractivity contribution in [2.45, 2.75) is 31.7 Å². The maximum Gasteiger partial charge on any atom is 0.229 e. The first kappa shape index (κ1) is 15.0. The lowest BCUT2D eigenvalue weighted by Gasteiger charge is -2.17. The molecule has 0 radical (unpaired) electrons. The highest BCUT2D eigenvalue weighted by Crippen LogP contribution is 2.21. The number of hydrogen-bond acceptors (Lipinski definition) is 3. The van der Waals surface area contributed by atoms with Crippen LogP contribution in [-0.4, -0.2) is 37.5 Å². The normalized spacial score (nSPS) is 24.7. The molecule has 2 N–H and O–H groups in total. The Kier molecular flexibility index (Phi) is 4.73. The Hall–Kier alpha value is -1.88. The number of benzene rings is 1. The van der Waals surface area contributed by atoms with E-state index in [0.717, 1.165) is 31.6 Å². The molecule has 5 nitrogen and oxygen atoms in total. The minimum atomic E-state index is -0.0677. The fourth-order valence-corrected chi connectivity index (χ4v) is 3.26. The van der Waals surface area contributed by atoms with E-state index in [-0.39, 0.29) is 17.9 Å². The van der Waals surface area contributed by atoms with Crippen LogP contribution in [-0.2, 0) is 9.59 Å². The highest BCUT2D eigenvalue weighted by molar-refractivity contribution is 5.96. The molecule has 2 atom stereocenters. The van der Waals surface area contributed by atoms with Gasteiger partial charge < -0.3 is 15.5 Å². The van der Waals surface area contributed by atoms with E-state index in [2.05, 4.69) is 10.6 Å². The fourth-order valence-electron chi connectivity index (χ4n) is 3.26. The molecule has 3 rings (SSSR count). The summed E-state index contributed by atoms with van der Waals surface area (Å²) in [5.41, 5.74) is 0.904. The molecule has 0 bridgehead atoms. The van der Waals surface area contributed by atoms with Gasteiger partial charge in [-0.2, -0.15) is 0 Å². The van der Waals surface area contributed by atoms with E-state index in [4.69, 9.17) is 0 Å². The molecule has 2 unspecified atom stereocenters. The summed E-state index contributed by atoms with van der Waals surface area (Å²) in [6, 6.07) is 9.56. The lowest BCUT2D eigenvalue weighted by molar-refractivity contribution is -0.122. The van der Waals surface area contributed by atoms with Crippen molar-refractivity contribution in [1.29, 1.82) is 0 Å². The maximum absolute atomic E-state index is 12.1. The van der Waals surface area contributed by atoms with E-state index in [0.29, 0.717) is 25.3 Å². The number of carbonyl (C=O) groups is 2. The average molecular weight is 301 g/mol. The molecule has 22 heavy (non-hydrogen) atoms. The molecular weight excluding hydrogens is 278 g/mol. The standard InChI is InChI=1S/C17H23N3O2/c21-16(7-6-13-8-9-18-11-13)19-14-10-17(22)20(12-14)15-4-2-1-3-5-15/h1-5,13-14,18H,6-12H2,(H,19,21). The van der Waals surface area contributed by atoms with E-state index in [1.807, 2.05) is 30.3 Å². The summed E-state index contributed by atoms with van der Waals surface area (Å²) in [5, 5.41) is 6.33. The lowest BCUT2D eigenvalue weighted by atomic mass is 10.0.